The summed E-state index contributed by atoms with van der Waals surface area (Å²) in [7, 11) is 0. The van der Waals surface area contributed by atoms with Gasteiger partial charge in [0.05, 0.1) is 0 Å². The van der Waals surface area contributed by atoms with Gasteiger partial charge in [-0.2, -0.15) is 0 Å². The van der Waals surface area contributed by atoms with Crippen LogP contribution in [0.25, 0.3) is 34.2 Å². The minimum Gasteiger partial charge on any atom is -0.311 e. The standard InChI is InChI=1S/C45H28BBr2N5/c47-32-19-23-34(24-20-32)52-38-17-9-7-15-36(38)46-37-16-8-10-18-39(37)53(35-25-21-33(48)22-26-35)41-28-31(27-40(52)42(41)46)45-50-43(29-11-3-1-4-12-29)49-44(51-45)30-13-5-2-6-14-30/h1-28H. The molecule has 10 rings (SSSR count). The van der Waals surface area contributed by atoms with E-state index in [9.17, 15) is 0 Å². The van der Waals surface area contributed by atoms with Gasteiger partial charge in [0.1, 0.15) is 0 Å². The molecule has 0 fully saturated rings. The lowest BCUT2D eigenvalue weighted by molar-refractivity contribution is 1.07. The summed E-state index contributed by atoms with van der Waals surface area (Å²) in [5, 5.41) is 0. The molecule has 0 unspecified atom stereocenters. The first-order chi connectivity index (χ1) is 26.1. The topological polar surface area (TPSA) is 45.2 Å². The van der Waals surface area contributed by atoms with E-state index in [-0.39, 0.29) is 6.71 Å². The molecule has 7 aromatic carbocycles. The molecular formula is C45H28BBr2N5. The summed E-state index contributed by atoms with van der Waals surface area (Å²) in [6.45, 7) is 0.0120. The third-order valence-corrected chi connectivity index (χ3v) is 11.1. The van der Waals surface area contributed by atoms with Crippen molar-refractivity contribution in [1.82, 2.24) is 15.0 Å². The molecule has 53 heavy (non-hydrogen) atoms. The van der Waals surface area contributed by atoms with Crippen molar-refractivity contribution in [1.29, 1.82) is 0 Å². The molecule has 0 saturated carbocycles. The second-order valence-corrected chi connectivity index (χ2v) is 15.0. The third-order valence-electron chi connectivity index (χ3n) is 10.0. The maximum Gasteiger partial charge on any atom is 0.252 e. The van der Waals surface area contributed by atoms with E-state index in [1.165, 1.54) is 16.4 Å². The second kappa shape index (κ2) is 13.0. The predicted molar refractivity (Wildman–Crippen MR) is 226 cm³/mol. The van der Waals surface area contributed by atoms with Gasteiger partial charge in [-0.1, -0.05) is 129 Å². The van der Waals surface area contributed by atoms with Crippen molar-refractivity contribution in [3.63, 3.8) is 0 Å². The Morgan fingerprint density at radius 1 is 0.377 bits per heavy atom. The molecule has 2 aliphatic heterocycles. The van der Waals surface area contributed by atoms with E-state index in [1.54, 1.807) is 0 Å². The number of fused-ring (bicyclic) bond motifs is 4. The molecule has 5 nitrogen and oxygen atoms in total. The fourth-order valence-electron chi connectivity index (χ4n) is 7.70. The number of hydrogen-bond donors (Lipinski definition) is 0. The summed E-state index contributed by atoms with van der Waals surface area (Å²) < 4.78 is 2.06. The number of halogens is 2. The van der Waals surface area contributed by atoms with E-state index in [4.69, 9.17) is 15.0 Å². The van der Waals surface area contributed by atoms with Crippen LogP contribution in [0.1, 0.15) is 0 Å². The van der Waals surface area contributed by atoms with Crippen molar-refractivity contribution >= 4 is 89.1 Å². The van der Waals surface area contributed by atoms with E-state index in [2.05, 4.69) is 151 Å². The number of anilines is 6. The molecule has 8 aromatic rings. The van der Waals surface area contributed by atoms with Gasteiger partial charge in [-0.3, -0.25) is 0 Å². The van der Waals surface area contributed by atoms with Crippen LogP contribution < -0.4 is 26.2 Å². The first-order valence-corrected chi connectivity index (χ1v) is 19.0. The Hall–Kier alpha value is -5.83. The van der Waals surface area contributed by atoms with Crippen LogP contribution >= 0.6 is 31.9 Å². The van der Waals surface area contributed by atoms with Gasteiger partial charge < -0.3 is 9.80 Å². The van der Waals surface area contributed by atoms with E-state index < -0.39 is 0 Å². The van der Waals surface area contributed by atoms with Crippen molar-refractivity contribution in [3.8, 4) is 34.2 Å². The summed E-state index contributed by atoms with van der Waals surface area (Å²) in [4.78, 5) is 20.2. The molecule has 0 atom stereocenters. The third kappa shape index (κ3) is 5.48. The Bertz CT molecular complexity index is 2480. The van der Waals surface area contributed by atoms with E-state index >= 15 is 0 Å². The summed E-state index contributed by atoms with van der Waals surface area (Å²) in [5.41, 5.74) is 13.1. The number of para-hydroxylation sites is 2. The molecule has 0 amide bonds. The highest BCUT2D eigenvalue weighted by Gasteiger charge is 2.43. The van der Waals surface area contributed by atoms with Gasteiger partial charge in [-0.05, 0) is 89.2 Å². The minimum absolute atomic E-state index is 0.0120. The number of aromatic nitrogens is 3. The van der Waals surface area contributed by atoms with Crippen LogP contribution in [0.5, 0.6) is 0 Å². The highest BCUT2D eigenvalue weighted by Crippen LogP contribution is 2.46. The largest absolute Gasteiger partial charge is 0.311 e. The molecule has 1 aromatic heterocycles. The number of nitrogens with zero attached hydrogens (tertiary/aromatic N) is 5. The van der Waals surface area contributed by atoms with Crippen molar-refractivity contribution in [2.75, 3.05) is 9.80 Å². The SMILES string of the molecule is Brc1ccc(N2c3ccccc3B3c4ccccc4N(c4ccc(Br)cc4)c4cc(-c5nc(-c6ccccc6)nc(-c6ccccc6)n5)cc2c43)cc1. The van der Waals surface area contributed by atoms with Crippen LogP contribution in [-0.4, -0.2) is 21.7 Å². The van der Waals surface area contributed by atoms with E-state index in [1.807, 2.05) is 60.7 Å². The molecule has 0 bridgehead atoms. The molecule has 2 aliphatic rings. The Morgan fingerprint density at radius 2 is 0.755 bits per heavy atom. The van der Waals surface area contributed by atoms with E-state index in [0.29, 0.717) is 17.5 Å². The normalized spacial score (nSPS) is 12.6. The molecule has 0 radical (unpaired) electrons. The Morgan fingerprint density at radius 3 is 1.19 bits per heavy atom. The summed E-state index contributed by atoms with van der Waals surface area (Å²) >= 11 is 7.35. The van der Waals surface area contributed by atoms with Crippen LogP contribution in [0, 0.1) is 0 Å². The monoisotopic (exact) mass is 807 g/mol. The molecule has 3 heterocycles. The lowest BCUT2D eigenvalue weighted by atomic mass is 9.33. The van der Waals surface area contributed by atoms with Crippen LogP contribution in [0.15, 0.2) is 179 Å². The predicted octanol–water partition coefficient (Wildman–Crippen LogP) is 10.5. The Kier molecular flexibility index (Phi) is 7.81. The number of benzene rings is 7. The zero-order chi connectivity index (χ0) is 35.5. The van der Waals surface area contributed by atoms with Gasteiger partial charge in [0, 0.05) is 59.8 Å². The van der Waals surface area contributed by atoms with Gasteiger partial charge >= 0.3 is 0 Å². The maximum atomic E-state index is 5.20. The average molecular weight is 809 g/mol. The summed E-state index contributed by atoms with van der Waals surface area (Å²) in [6.07, 6.45) is 0. The first-order valence-electron chi connectivity index (χ1n) is 17.5. The maximum absolute atomic E-state index is 5.20. The smallest absolute Gasteiger partial charge is 0.252 e. The zero-order valence-electron chi connectivity index (χ0n) is 28.2. The van der Waals surface area contributed by atoms with Gasteiger partial charge in [0.2, 0.25) is 0 Å². The van der Waals surface area contributed by atoms with Gasteiger partial charge in [-0.15, -0.1) is 0 Å². The molecule has 0 N–H and O–H groups in total. The fourth-order valence-corrected chi connectivity index (χ4v) is 8.23. The molecule has 0 spiro atoms. The van der Waals surface area contributed by atoms with Crippen LogP contribution in [0.3, 0.4) is 0 Å². The quantitative estimate of drug-likeness (QED) is 0.162. The molecular weight excluding hydrogens is 781 g/mol. The fraction of sp³-hybridized carbons (Fsp3) is 0. The van der Waals surface area contributed by atoms with Crippen LogP contribution in [0.4, 0.5) is 34.1 Å². The zero-order valence-corrected chi connectivity index (χ0v) is 31.4. The Labute approximate surface area is 325 Å². The lowest BCUT2D eigenvalue weighted by Crippen LogP contribution is -2.61. The van der Waals surface area contributed by atoms with Crippen molar-refractivity contribution in [2.45, 2.75) is 0 Å². The molecule has 8 heteroatoms. The molecule has 0 aliphatic carbocycles. The minimum atomic E-state index is 0.0120. The van der Waals surface area contributed by atoms with Gasteiger partial charge in [0.15, 0.2) is 17.5 Å². The van der Waals surface area contributed by atoms with Crippen LogP contribution in [0.2, 0.25) is 0 Å². The van der Waals surface area contributed by atoms with Gasteiger partial charge in [-0.25, -0.2) is 15.0 Å². The van der Waals surface area contributed by atoms with Crippen molar-refractivity contribution < 1.29 is 0 Å². The Balaban J connectivity index is 1.30. The van der Waals surface area contributed by atoms with Gasteiger partial charge in [0.25, 0.3) is 6.71 Å². The lowest BCUT2D eigenvalue weighted by Gasteiger charge is -2.44. The molecule has 250 valence electrons. The second-order valence-electron chi connectivity index (χ2n) is 13.1. The first kappa shape index (κ1) is 31.9. The van der Waals surface area contributed by atoms with Crippen molar-refractivity contribution in [3.05, 3.63) is 179 Å². The highest BCUT2D eigenvalue weighted by atomic mass is 79.9. The number of rotatable bonds is 5. The number of hydrogen-bond acceptors (Lipinski definition) is 5. The van der Waals surface area contributed by atoms with Crippen LogP contribution in [-0.2, 0) is 0 Å². The van der Waals surface area contributed by atoms with Crippen molar-refractivity contribution in [2.24, 2.45) is 0 Å². The summed E-state index contributed by atoms with van der Waals surface area (Å²) in [6, 6.07) is 59.6. The highest BCUT2D eigenvalue weighted by molar-refractivity contribution is 9.10. The summed E-state index contributed by atoms with van der Waals surface area (Å²) in [5.74, 6) is 1.87. The average Bonchev–Trinajstić information content (AvgIpc) is 3.22. The van der Waals surface area contributed by atoms with E-state index in [0.717, 1.165) is 59.8 Å². The molecule has 0 saturated heterocycles.